The topological polar surface area (TPSA) is 60.8 Å². The number of Topliss-reactive ketones (excluding diaryl/α,β-unsaturated/α-hetero) is 1. The van der Waals surface area contributed by atoms with Crippen LogP contribution in [0.5, 0.6) is 0 Å². The van der Waals surface area contributed by atoms with Crippen molar-refractivity contribution in [1.29, 1.82) is 0 Å². The molecular weight excluding hydrogens is 333 g/mol. The molecule has 1 unspecified atom stereocenters. The maximum Gasteiger partial charge on any atom is 0.486 e. The number of carbonyl (C=O) groups is 1. The third-order valence-electron chi connectivity index (χ3n) is 5.18. The fourth-order valence-electron chi connectivity index (χ4n) is 3.92. The van der Waals surface area contributed by atoms with Gasteiger partial charge in [-0.2, -0.15) is 0 Å². The van der Waals surface area contributed by atoms with Gasteiger partial charge in [0.2, 0.25) is 0 Å². The van der Waals surface area contributed by atoms with E-state index in [0.29, 0.717) is 5.56 Å². The van der Waals surface area contributed by atoms with Crippen LogP contribution in [-0.4, -0.2) is 34.3 Å². The molecule has 1 aromatic carbocycles. The molecular formula is C19H28BNO3S. The molecule has 0 amide bonds. The van der Waals surface area contributed by atoms with Gasteiger partial charge < -0.3 is 14.9 Å². The van der Waals surface area contributed by atoms with E-state index in [1.54, 1.807) is 0 Å². The van der Waals surface area contributed by atoms with Gasteiger partial charge >= 0.3 is 7.12 Å². The van der Waals surface area contributed by atoms with Crippen LogP contribution in [0.25, 0.3) is 0 Å². The lowest BCUT2D eigenvalue weighted by Crippen LogP contribution is -2.48. The third-order valence-corrected chi connectivity index (χ3v) is 6.47. The van der Waals surface area contributed by atoms with Crippen molar-refractivity contribution < 1.29 is 14.8 Å². The van der Waals surface area contributed by atoms with E-state index in [0.717, 1.165) is 36.3 Å². The predicted octanol–water partition coefficient (Wildman–Crippen LogP) is 3.89. The standard InChI is InChI=1S/C19H28BNO3S/c1-19(2,3)17(22)14-11-8-12-15-16(14)21(18(25-15)20(23)24)13-9-6-4-5-7-10-13/h8,11-13,18,23-24H,4-7,9-10H2,1-3H3. The summed E-state index contributed by atoms with van der Waals surface area (Å²) in [7, 11) is -1.43. The highest BCUT2D eigenvalue weighted by atomic mass is 32.2. The van der Waals surface area contributed by atoms with Gasteiger partial charge in [-0.3, -0.25) is 4.79 Å². The normalized spacial score (nSPS) is 21.8. The molecule has 4 nitrogen and oxygen atoms in total. The number of nitrogens with zero attached hydrogens (tertiary/aromatic N) is 1. The molecule has 3 rings (SSSR count). The molecule has 0 radical (unpaired) electrons. The molecule has 1 aliphatic heterocycles. The molecule has 0 spiro atoms. The van der Waals surface area contributed by atoms with E-state index in [-0.39, 0.29) is 11.8 Å². The molecule has 2 N–H and O–H groups in total. The number of benzene rings is 1. The molecule has 1 aliphatic carbocycles. The second-order valence-corrected chi connectivity index (χ2v) is 9.36. The minimum atomic E-state index is -1.43. The number of hydrogen-bond acceptors (Lipinski definition) is 5. The van der Waals surface area contributed by atoms with E-state index in [2.05, 4.69) is 4.90 Å². The number of thioether (sulfide) groups is 1. The smallest absolute Gasteiger partial charge is 0.425 e. The van der Waals surface area contributed by atoms with Crippen molar-refractivity contribution >= 4 is 30.4 Å². The summed E-state index contributed by atoms with van der Waals surface area (Å²) < 4.78 is 0. The molecule has 0 aromatic heterocycles. The summed E-state index contributed by atoms with van der Waals surface area (Å²) in [4.78, 5) is 16.2. The van der Waals surface area contributed by atoms with Gasteiger partial charge in [0.25, 0.3) is 0 Å². The number of carbonyl (C=O) groups excluding carboxylic acids is 1. The van der Waals surface area contributed by atoms with Gasteiger partial charge in [0, 0.05) is 21.9 Å². The fraction of sp³-hybridized carbons (Fsp3) is 0.632. The maximum absolute atomic E-state index is 13.0. The highest BCUT2D eigenvalue weighted by Crippen LogP contribution is 2.49. The summed E-state index contributed by atoms with van der Waals surface area (Å²) in [5.41, 5.74) is 1.16. The van der Waals surface area contributed by atoms with Crippen LogP contribution in [0.4, 0.5) is 5.69 Å². The molecule has 0 saturated heterocycles. The zero-order chi connectivity index (χ0) is 18.2. The number of hydrogen-bond donors (Lipinski definition) is 2. The van der Waals surface area contributed by atoms with Crippen molar-refractivity contribution in [3.8, 4) is 0 Å². The maximum atomic E-state index is 13.0. The molecule has 1 saturated carbocycles. The number of fused-ring (bicyclic) bond motifs is 1. The molecule has 2 aliphatic rings. The van der Waals surface area contributed by atoms with E-state index < -0.39 is 17.8 Å². The van der Waals surface area contributed by atoms with Crippen molar-refractivity contribution in [1.82, 2.24) is 0 Å². The Labute approximate surface area is 155 Å². The molecule has 136 valence electrons. The molecule has 1 atom stereocenters. The van der Waals surface area contributed by atoms with Gasteiger partial charge in [-0.15, -0.1) is 11.8 Å². The van der Waals surface area contributed by atoms with Crippen molar-refractivity contribution in [2.45, 2.75) is 75.5 Å². The largest absolute Gasteiger partial charge is 0.486 e. The van der Waals surface area contributed by atoms with Crippen molar-refractivity contribution in [3.05, 3.63) is 23.8 Å². The minimum Gasteiger partial charge on any atom is -0.425 e. The third kappa shape index (κ3) is 3.76. The zero-order valence-corrected chi connectivity index (χ0v) is 16.2. The molecule has 0 bridgehead atoms. The lowest BCUT2D eigenvalue weighted by molar-refractivity contribution is 0.0858. The van der Waals surface area contributed by atoms with E-state index in [4.69, 9.17) is 0 Å². The zero-order valence-electron chi connectivity index (χ0n) is 15.4. The monoisotopic (exact) mass is 361 g/mol. The predicted molar refractivity (Wildman–Crippen MR) is 104 cm³/mol. The Morgan fingerprint density at radius 3 is 2.36 bits per heavy atom. The average molecular weight is 361 g/mol. The highest BCUT2D eigenvalue weighted by molar-refractivity contribution is 8.01. The van der Waals surface area contributed by atoms with Gasteiger partial charge in [-0.1, -0.05) is 52.5 Å². The van der Waals surface area contributed by atoms with E-state index in [1.165, 1.54) is 24.6 Å². The van der Waals surface area contributed by atoms with Gasteiger partial charge in [0.1, 0.15) is 5.27 Å². The highest BCUT2D eigenvalue weighted by Gasteiger charge is 2.44. The molecule has 1 heterocycles. The number of rotatable bonds is 3. The summed E-state index contributed by atoms with van der Waals surface area (Å²) in [5, 5.41) is 19.5. The second kappa shape index (κ2) is 7.33. The van der Waals surface area contributed by atoms with Crippen LogP contribution in [-0.2, 0) is 0 Å². The second-order valence-electron chi connectivity index (χ2n) is 8.21. The van der Waals surface area contributed by atoms with Crippen LogP contribution in [0.1, 0.15) is 69.7 Å². The Bertz CT molecular complexity index is 636. The number of para-hydroxylation sites is 1. The Balaban J connectivity index is 2.06. The Hall–Kier alpha value is -0.975. The van der Waals surface area contributed by atoms with Crippen LogP contribution < -0.4 is 4.90 Å². The first-order valence-electron chi connectivity index (χ1n) is 9.29. The van der Waals surface area contributed by atoms with Crippen molar-refractivity contribution in [2.24, 2.45) is 5.41 Å². The first-order chi connectivity index (χ1) is 11.8. The first-order valence-corrected chi connectivity index (χ1v) is 10.2. The van der Waals surface area contributed by atoms with Crippen LogP contribution in [0.15, 0.2) is 23.1 Å². The summed E-state index contributed by atoms with van der Waals surface area (Å²) >= 11 is 1.47. The number of anilines is 1. The first kappa shape index (κ1) is 18.8. The summed E-state index contributed by atoms with van der Waals surface area (Å²) in [6, 6.07) is 6.05. The van der Waals surface area contributed by atoms with Crippen LogP contribution in [0.2, 0.25) is 0 Å². The van der Waals surface area contributed by atoms with Crippen LogP contribution in [0, 0.1) is 5.41 Å². The van der Waals surface area contributed by atoms with Gasteiger partial charge in [0.05, 0.1) is 5.69 Å². The van der Waals surface area contributed by atoms with E-state index >= 15 is 0 Å². The van der Waals surface area contributed by atoms with Gasteiger partial charge in [0.15, 0.2) is 5.78 Å². The Kier molecular flexibility index (Phi) is 5.52. The quantitative estimate of drug-likeness (QED) is 0.486. The Morgan fingerprint density at radius 2 is 1.80 bits per heavy atom. The minimum absolute atomic E-state index is 0.108. The summed E-state index contributed by atoms with van der Waals surface area (Å²) in [5.74, 6) is 0.108. The molecule has 25 heavy (non-hydrogen) atoms. The SMILES string of the molecule is CC(C)(C)C(=O)c1cccc2c1N(C1CCCCCC1)C(B(O)O)S2. The van der Waals surface area contributed by atoms with Gasteiger partial charge in [-0.05, 0) is 25.0 Å². The fourth-order valence-corrected chi connectivity index (χ4v) is 5.17. The van der Waals surface area contributed by atoms with E-state index in [9.17, 15) is 14.8 Å². The molecule has 1 fully saturated rings. The van der Waals surface area contributed by atoms with E-state index in [1.807, 2.05) is 39.0 Å². The van der Waals surface area contributed by atoms with Crippen molar-refractivity contribution in [3.63, 3.8) is 0 Å². The lowest BCUT2D eigenvalue weighted by Gasteiger charge is -2.35. The molecule has 6 heteroatoms. The van der Waals surface area contributed by atoms with Crippen LogP contribution in [0.3, 0.4) is 0 Å². The van der Waals surface area contributed by atoms with Crippen LogP contribution >= 0.6 is 11.8 Å². The van der Waals surface area contributed by atoms with Gasteiger partial charge in [-0.25, -0.2) is 0 Å². The lowest BCUT2D eigenvalue weighted by atomic mass is 9.84. The summed E-state index contributed by atoms with van der Waals surface area (Å²) in [6.07, 6.45) is 6.87. The number of ketones is 1. The molecule has 1 aromatic rings. The average Bonchev–Trinajstić information content (AvgIpc) is 2.74. The summed E-state index contributed by atoms with van der Waals surface area (Å²) in [6.45, 7) is 5.81. The van der Waals surface area contributed by atoms with Crippen molar-refractivity contribution in [2.75, 3.05) is 4.90 Å². The Morgan fingerprint density at radius 1 is 1.16 bits per heavy atom.